The number of rotatable bonds is 7. The number of aliphatic carboxylic acids is 1. The number of halogens is 2. The number of hydrogen-bond donors (Lipinski definition) is 3. The predicted molar refractivity (Wildman–Crippen MR) is 114 cm³/mol. The Morgan fingerprint density at radius 3 is 2.41 bits per heavy atom. The van der Waals surface area contributed by atoms with E-state index in [1.165, 1.54) is 6.92 Å². The van der Waals surface area contributed by atoms with Crippen molar-refractivity contribution in [1.29, 1.82) is 0 Å². The van der Waals surface area contributed by atoms with Crippen LogP contribution in [0.15, 0.2) is 36.4 Å². The van der Waals surface area contributed by atoms with Crippen LogP contribution in [0.2, 0.25) is 10.0 Å². The third kappa shape index (κ3) is 7.91. The highest BCUT2D eigenvalue weighted by atomic mass is 35.5. The lowest BCUT2D eigenvalue weighted by Crippen LogP contribution is -2.25. The molecule has 4 N–H and O–H groups in total. The van der Waals surface area contributed by atoms with E-state index in [0.29, 0.717) is 33.6 Å². The number of nitrogens with one attached hydrogen (secondary N) is 1. The second kappa shape index (κ2) is 12.3. The first-order chi connectivity index (χ1) is 13.7. The summed E-state index contributed by atoms with van der Waals surface area (Å²) >= 11 is 12.5. The Bertz CT molecular complexity index is 844. The third-order valence-electron chi connectivity index (χ3n) is 3.56. The molecule has 29 heavy (non-hydrogen) atoms. The third-order valence-corrected chi connectivity index (χ3v) is 4.36. The highest BCUT2D eigenvalue weighted by Crippen LogP contribution is 2.36. The molecular weight excluding hydrogens is 419 g/mol. The van der Waals surface area contributed by atoms with Crippen LogP contribution >= 0.6 is 23.2 Å². The van der Waals surface area contributed by atoms with Gasteiger partial charge in [-0.2, -0.15) is 0 Å². The minimum absolute atomic E-state index is 0.0877. The summed E-state index contributed by atoms with van der Waals surface area (Å²) in [6, 6.07) is 9.82. The average molecular weight is 443 g/mol. The number of carboxylic acid groups (broad SMARTS) is 1. The van der Waals surface area contributed by atoms with E-state index < -0.39 is 18.0 Å². The molecule has 0 aliphatic heterocycles. The first-order valence-corrected chi connectivity index (χ1v) is 9.48. The maximum Gasteiger partial charge on any atom is 0.342 e. The maximum absolute atomic E-state index is 12.2. The van der Waals surface area contributed by atoms with E-state index in [9.17, 15) is 9.59 Å². The maximum atomic E-state index is 12.2. The van der Waals surface area contributed by atoms with Crippen LogP contribution in [0.3, 0.4) is 0 Å². The van der Waals surface area contributed by atoms with Crippen LogP contribution in [0.4, 0.5) is 11.4 Å². The number of anilines is 2. The number of nitrogens with two attached hydrogens (primary N) is 1. The minimum atomic E-state index is -0.963. The Kier molecular flexibility index (Phi) is 10.5. The van der Waals surface area contributed by atoms with Gasteiger partial charge < -0.3 is 25.6 Å². The Labute approximate surface area is 179 Å². The van der Waals surface area contributed by atoms with Gasteiger partial charge in [0, 0.05) is 6.61 Å². The number of ether oxygens (including phenoxy) is 2. The molecule has 0 saturated heterocycles. The zero-order chi connectivity index (χ0) is 22.0. The molecule has 0 unspecified atom stereocenters. The van der Waals surface area contributed by atoms with Crippen LogP contribution in [-0.2, 0) is 14.3 Å². The Balaban J connectivity index is 0.000000612. The Hall–Kier alpha value is -2.32. The fourth-order valence-electron chi connectivity index (χ4n) is 1.93. The van der Waals surface area contributed by atoms with Crippen LogP contribution in [-0.4, -0.2) is 36.5 Å². The fourth-order valence-corrected chi connectivity index (χ4v) is 2.40. The molecule has 0 bridgehead atoms. The van der Waals surface area contributed by atoms with Crippen LogP contribution in [0.5, 0.6) is 0 Å². The minimum Gasteiger partial charge on any atom is -0.480 e. The number of carbonyl (C=O) groups excluding carboxylic acids is 1. The second-order valence-corrected chi connectivity index (χ2v) is 6.68. The summed E-state index contributed by atoms with van der Waals surface area (Å²) in [7, 11) is 0. The van der Waals surface area contributed by atoms with E-state index in [0.717, 1.165) is 5.56 Å². The van der Waals surface area contributed by atoms with Gasteiger partial charge in [0.1, 0.15) is 6.04 Å². The number of para-hydroxylation sites is 1. The lowest BCUT2D eigenvalue weighted by Gasteiger charge is -2.15. The molecule has 0 aliphatic rings. The fraction of sp³-hybridized carbons (Fsp3) is 0.300. The number of carboxylic acids is 1. The van der Waals surface area contributed by atoms with Crippen molar-refractivity contribution in [2.24, 2.45) is 5.73 Å². The van der Waals surface area contributed by atoms with E-state index in [1.54, 1.807) is 30.3 Å². The molecule has 9 heteroatoms. The van der Waals surface area contributed by atoms with Crippen LogP contribution in [0.25, 0.3) is 0 Å². The van der Waals surface area contributed by atoms with Crippen molar-refractivity contribution in [2.75, 3.05) is 18.7 Å². The Morgan fingerprint density at radius 2 is 1.83 bits per heavy atom. The summed E-state index contributed by atoms with van der Waals surface area (Å²) in [6.45, 7) is 5.51. The number of aryl methyl sites for hydroxylation is 1. The molecule has 0 heterocycles. The number of esters is 1. The molecule has 158 valence electrons. The highest BCUT2D eigenvalue weighted by Gasteiger charge is 2.15. The van der Waals surface area contributed by atoms with Crippen molar-refractivity contribution in [2.45, 2.75) is 26.8 Å². The summed E-state index contributed by atoms with van der Waals surface area (Å²) in [5.41, 5.74) is 7.21. The van der Waals surface area contributed by atoms with Gasteiger partial charge in [-0.15, -0.1) is 0 Å². The summed E-state index contributed by atoms with van der Waals surface area (Å²) in [6.07, 6.45) is 0. The Morgan fingerprint density at radius 1 is 1.21 bits per heavy atom. The van der Waals surface area contributed by atoms with Crippen molar-refractivity contribution in [3.8, 4) is 0 Å². The quantitative estimate of drug-likeness (QED) is 0.325. The molecule has 0 amide bonds. The molecular formula is C20H24Cl2N2O5. The summed E-state index contributed by atoms with van der Waals surface area (Å²) in [5, 5.41) is 12.0. The summed E-state index contributed by atoms with van der Waals surface area (Å²) in [4.78, 5) is 21.7. The first kappa shape index (κ1) is 24.7. The topological polar surface area (TPSA) is 111 Å². The van der Waals surface area contributed by atoms with Crippen LogP contribution in [0, 0.1) is 6.92 Å². The summed E-state index contributed by atoms with van der Waals surface area (Å²) in [5.74, 6) is -1.45. The largest absolute Gasteiger partial charge is 0.480 e. The van der Waals surface area contributed by atoms with E-state index in [4.69, 9.17) is 43.5 Å². The van der Waals surface area contributed by atoms with Crippen molar-refractivity contribution in [3.05, 3.63) is 57.6 Å². The normalized spacial score (nSPS) is 11.1. The van der Waals surface area contributed by atoms with Crippen LogP contribution < -0.4 is 11.1 Å². The van der Waals surface area contributed by atoms with Crippen molar-refractivity contribution >= 4 is 46.5 Å². The molecule has 0 fully saturated rings. The first-order valence-electron chi connectivity index (χ1n) is 8.72. The zero-order valence-corrected chi connectivity index (χ0v) is 17.9. The van der Waals surface area contributed by atoms with Gasteiger partial charge in [0.25, 0.3) is 0 Å². The number of benzene rings is 2. The number of hydrogen-bond acceptors (Lipinski definition) is 6. The van der Waals surface area contributed by atoms with Gasteiger partial charge in [0.2, 0.25) is 0 Å². The van der Waals surface area contributed by atoms with E-state index in [-0.39, 0.29) is 6.79 Å². The second-order valence-electron chi connectivity index (χ2n) is 5.89. The standard InChI is InChI=1S/C17H17Cl2NO3.C3H7NO2/c1-3-22-10-23-17(21)12-6-4-5-7-14(12)20-16-13(18)9-8-11(2)15(16)19;1-2(4)3(5)6/h4-9,20H,3,10H2,1-2H3;2H,4H2,1H3,(H,5,6)/t;2-/m.0/s1. The molecule has 1 atom stereocenters. The van der Waals surface area contributed by atoms with Crippen molar-refractivity contribution in [3.63, 3.8) is 0 Å². The monoisotopic (exact) mass is 442 g/mol. The van der Waals surface area contributed by atoms with E-state index >= 15 is 0 Å². The lowest BCUT2D eigenvalue weighted by atomic mass is 10.1. The highest BCUT2D eigenvalue weighted by molar-refractivity contribution is 6.39. The van der Waals surface area contributed by atoms with Gasteiger partial charge in [0.15, 0.2) is 6.79 Å². The average Bonchev–Trinajstić information content (AvgIpc) is 2.69. The van der Waals surface area contributed by atoms with Gasteiger partial charge in [0.05, 0.1) is 27.0 Å². The molecule has 7 nitrogen and oxygen atoms in total. The van der Waals surface area contributed by atoms with Crippen molar-refractivity contribution < 1.29 is 24.2 Å². The predicted octanol–water partition coefficient (Wildman–Crippen LogP) is 4.61. The van der Waals surface area contributed by atoms with Crippen molar-refractivity contribution in [1.82, 2.24) is 0 Å². The van der Waals surface area contributed by atoms with E-state index in [2.05, 4.69) is 5.32 Å². The SMILES string of the molecule is CCOCOC(=O)c1ccccc1Nc1c(Cl)ccc(C)c1Cl.C[C@H](N)C(=O)O. The molecule has 0 saturated carbocycles. The molecule has 2 aromatic rings. The lowest BCUT2D eigenvalue weighted by molar-refractivity contribution is -0.138. The molecule has 2 rings (SSSR count). The molecule has 0 aromatic heterocycles. The van der Waals surface area contributed by atoms with E-state index in [1.807, 2.05) is 19.9 Å². The molecule has 0 aliphatic carbocycles. The van der Waals surface area contributed by atoms with Gasteiger partial charge >= 0.3 is 11.9 Å². The summed E-state index contributed by atoms with van der Waals surface area (Å²) < 4.78 is 10.1. The van der Waals surface area contributed by atoms with Gasteiger partial charge in [-0.3, -0.25) is 4.79 Å². The molecule has 2 aromatic carbocycles. The van der Waals surface area contributed by atoms with Crippen LogP contribution in [0.1, 0.15) is 29.8 Å². The van der Waals surface area contributed by atoms with Gasteiger partial charge in [-0.05, 0) is 44.5 Å². The van der Waals surface area contributed by atoms with Gasteiger partial charge in [-0.25, -0.2) is 4.79 Å². The number of carbonyl (C=O) groups is 2. The van der Waals surface area contributed by atoms with Gasteiger partial charge in [-0.1, -0.05) is 41.4 Å². The molecule has 0 radical (unpaired) electrons. The zero-order valence-electron chi connectivity index (χ0n) is 16.4. The molecule has 0 spiro atoms. The smallest absolute Gasteiger partial charge is 0.342 e.